The van der Waals surface area contributed by atoms with Gasteiger partial charge in [-0.2, -0.15) is 0 Å². The van der Waals surface area contributed by atoms with Gasteiger partial charge in [-0.3, -0.25) is 10.1 Å². The van der Waals surface area contributed by atoms with E-state index in [1.54, 1.807) is 0 Å². The maximum Gasteiger partial charge on any atom is 0.331 e. The van der Waals surface area contributed by atoms with Gasteiger partial charge in [0.2, 0.25) is 0 Å². The van der Waals surface area contributed by atoms with E-state index in [2.05, 4.69) is 15.0 Å². The van der Waals surface area contributed by atoms with Gasteiger partial charge in [0.05, 0.1) is 4.92 Å². The zero-order valence-electron chi connectivity index (χ0n) is 9.50. The molecule has 0 aliphatic heterocycles. The quantitative estimate of drug-likeness (QED) is 0.273. The molecule has 0 aliphatic carbocycles. The first-order valence-electron chi connectivity index (χ1n) is 5.13. The van der Waals surface area contributed by atoms with Crippen molar-refractivity contribution in [2.24, 2.45) is 5.11 Å². The van der Waals surface area contributed by atoms with E-state index < -0.39 is 4.92 Å². The number of pyridine rings is 1. The van der Waals surface area contributed by atoms with Crippen LogP contribution in [0.1, 0.15) is 0 Å². The molecular weight excluding hydrogens is 250 g/mol. The summed E-state index contributed by atoms with van der Waals surface area (Å²) < 4.78 is 5.32. The fourth-order valence-electron chi connectivity index (χ4n) is 1.34. The smallest absolute Gasteiger partial charge is 0.331 e. The van der Waals surface area contributed by atoms with Gasteiger partial charge in [0.25, 0.3) is 5.88 Å². The maximum atomic E-state index is 10.8. The number of nitro groups is 1. The number of nitrogens with zero attached hydrogens (tertiary/aromatic N) is 5. The molecule has 0 saturated carbocycles. The van der Waals surface area contributed by atoms with Gasteiger partial charge in [-0.1, -0.05) is 5.11 Å². The second-order valence-electron chi connectivity index (χ2n) is 3.37. The first-order valence-corrected chi connectivity index (χ1v) is 5.13. The monoisotopic (exact) mass is 257 g/mol. The minimum Gasteiger partial charge on any atom is -0.434 e. The van der Waals surface area contributed by atoms with Gasteiger partial charge in [0, 0.05) is 22.9 Å². The minimum atomic E-state index is -0.573. The molecule has 2 rings (SSSR count). The summed E-state index contributed by atoms with van der Waals surface area (Å²) >= 11 is 0. The number of azide groups is 1. The molecule has 0 N–H and O–H groups in total. The molecule has 8 heteroatoms. The zero-order valence-corrected chi connectivity index (χ0v) is 9.50. The summed E-state index contributed by atoms with van der Waals surface area (Å²) in [5.41, 5.74) is 8.46. The number of hydrogen-bond acceptors (Lipinski definition) is 5. The first-order chi connectivity index (χ1) is 9.20. The molecule has 94 valence electrons. The van der Waals surface area contributed by atoms with E-state index in [4.69, 9.17) is 10.3 Å². The molecule has 1 heterocycles. The van der Waals surface area contributed by atoms with E-state index in [0.29, 0.717) is 11.4 Å². The van der Waals surface area contributed by atoms with Crippen LogP contribution in [0.3, 0.4) is 0 Å². The normalized spacial score (nSPS) is 9.47. The van der Waals surface area contributed by atoms with Crippen LogP contribution in [0.25, 0.3) is 10.4 Å². The lowest BCUT2D eigenvalue weighted by Gasteiger charge is -2.04. The maximum absolute atomic E-state index is 10.8. The summed E-state index contributed by atoms with van der Waals surface area (Å²) in [6.07, 6.45) is 1.40. The molecule has 0 bridgehead atoms. The second kappa shape index (κ2) is 5.48. The van der Waals surface area contributed by atoms with Crippen molar-refractivity contribution in [3.8, 4) is 11.6 Å². The zero-order chi connectivity index (χ0) is 13.7. The van der Waals surface area contributed by atoms with Crippen LogP contribution >= 0.6 is 0 Å². The van der Waals surface area contributed by atoms with E-state index in [1.165, 1.54) is 42.6 Å². The summed E-state index contributed by atoms with van der Waals surface area (Å²) in [4.78, 5) is 16.7. The largest absolute Gasteiger partial charge is 0.434 e. The predicted molar refractivity (Wildman–Crippen MR) is 66.2 cm³/mol. The topological polar surface area (TPSA) is 114 Å². The molecule has 19 heavy (non-hydrogen) atoms. The van der Waals surface area contributed by atoms with E-state index >= 15 is 0 Å². The second-order valence-corrected chi connectivity index (χ2v) is 3.37. The number of hydrogen-bond donors (Lipinski definition) is 0. The Labute approximate surface area is 107 Å². The fourth-order valence-corrected chi connectivity index (χ4v) is 1.34. The average molecular weight is 257 g/mol. The SMILES string of the molecule is [N-]=[N+]=Nc1ccc(Oc2ncccc2[N+](=O)[O-])cc1. The standard InChI is InChI=1S/C11H7N5O3/c12-15-14-8-3-5-9(6-4-8)19-11-10(16(17)18)2-1-7-13-11/h1-7H. The molecule has 0 atom stereocenters. The Hall–Kier alpha value is -3.12. The first kappa shape index (κ1) is 12.3. The van der Waals surface area contributed by atoms with Crippen molar-refractivity contribution in [2.45, 2.75) is 0 Å². The highest BCUT2D eigenvalue weighted by molar-refractivity contribution is 5.45. The van der Waals surface area contributed by atoms with Crippen molar-refractivity contribution in [1.82, 2.24) is 4.98 Å². The number of rotatable bonds is 4. The summed E-state index contributed by atoms with van der Waals surface area (Å²) in [7, 11) is 0. The molecule has 0 amide bonds. The Morgan fingerprint density at radius 2 is 2.05 bits per heavy atom. The van der Waals surface area contributed by atoms with Gasteiger partial charge in [-0.15, -0.1) is 0 Å². The molecule has 0 fully saturated rings. The molecule has 8 nitrogen and oxygen atoms in total. The van der Waals surface area contributed by atoms with Crippen molar-refractivity contribution in [1.29, 1.82) is 0 Å². The van der Waals surface area contributed by atoms with E-state index in [1.807, 2.05) is 0 Å². The van der Waals surface area contributed by atoms with Crippen molar-refractivity contribution < 1.29 is 9.66 Å². The third kappa shape index (κ3) is 2.96. The Morgan fingerprint density at radius 1 is 1.32 bits per heavy atom. The Morgan fingerprint density at radius 3 is 2.68 bits per heavy atom. The van der Waals surface area contributed by atoms with Crippen molar-refractivity contribution >= 4 is 11.4 Å². The van der Waals surface area contributed by atoms with E-state index in [-0.39, 0.29) is 11.6 Å². The highest BCUT2D eigenvalue weighted by Crippen LogP contribution is 2.29. The van der Waals surface area contributed by atoms with Crippen LogP contribution in [0.5, 0.6) is 11.6 Å². The van der Waals surface area contributed by atoms with Gasteiger partial charge < -0.3 is 4.74 Å². The lowest BCUT2D eigenvalue weighted by atomic mass is 10.3. The fraction of sp³-hybridized carbons (Fsp3) is 0. The predicted octanol–water partition coefficient (Wildman–Crippen LogP) is 3.72. The molecule has 1 aromatic heterocycles. The number of aromatic nitrogens is 1. The molecule has 0 aliphatic rings. The van der Waals surface area contributed by atoms with Crippen molar-refractivity contribution in [3.63, 3.8) is 0 Å². The van der Waals surface area contributed by atoms with Crippen molar-refractivity contribution in [3.05, 3.63) is 63.2 Å². The summed E-state index contributed by atoms with van der Waals surface area (Å²) in [5.74, 6) is 0.266. The van der Waals surface area contributed by atoms with Crippen LogP contribution in [0.15, 0.2) is 47.7 Å². The highest BCUT2D eigenvalue weighted by atomic mass is 16.6. The Bertz CT molecular complexity index is 650. The van der Waals surface area contributed by atoms with Gasteiger partial charge in [0.1, 0.15) is 5.75 Å². The minimum absolute atomic E-state index is 0.0935. The summed E-state index contributed by atoms with van der Waals surface area (Å²) in [5, 5.41) is 14.2. The Balaban J connectivity index is 2.26. The van der Waals surface area contributed by atoms with Gasteiger partial charge in [-0.25, -0.2) is 4.98 Å². The van der Waals surface area contributed by atoms with Crippen LogP contribution in [0.2, 0.25) is 0 Å². The molecule has 1 aromatic carbocycles. The molecule has 0 spiro atoms. The third-order valence-electron chi connectivity index (χ3n) is 2.16. The molecule has 2 aromatic rings. The molecule has 0 saturated heterocycles. The number of ether oxygens (including phenoxy) is 1. The summed E-state index contributed by atoms with van der Waals surface area (Å²) in [6, 6.07) is 8.88. The Kier molecular flexibility index (Phi) is 3.56. The highest BCUT2D eigenvalue weighted by Gasteiger charge is 2.16. The lowest BCUT2D eigenvalue weighted by molar-refractivity contribution is -0.386. The van der Waals surface area contributed by atoms with Crippen LogP contribution < -0.4 is 4.74 Å². The molecular formula is C11H7N5O3. The van der Waals surface area contributed by atoms with Gasteiger partial charge >= 0.3 is 5.69 Å². The van der Waals surface area contributed by atoms with Crippen LogP contribution in [-0.4, -0.2) is 9.91 Å². The third-order valence-corrected chi connectivity index (χ3v) is 2.16. The number of benzene rings is 1. The van der Waals surface area contributed by atoms with E-state index in [9.17, 15) is 10.1 Å². The lowest BCUT2D eigenvalue weighted by Crippen LogP contribution is -1.95. The molecule has 0 radical (unpaired) electrons. The molecule has 0 unspecified atom stereocenters. The van der Waals surface area contributed by atoms with Crippen LogP contribution in [0.4, 0.5) is 11.4 Å². The van der Waals surface area contributed by atoms with Crippen molar-refractivity contribution in [2.75, 3.05) is 0 Å². The van der Waals surface area contributed by atoms with E-state index in [0.717, 1.165) is 0 Å². The van der Waals surface area contributed by atoms with Crippen LogP contribution in [0, 0.1) is 10.1 Å². The van der Waals surface area contributed by atoms with Crippen LogP contribution in [-0.2, 0) is 0 Å². The average Bonchev–Trinajstić information content (AvgIpc) is 2.42. The summed E-state index contributed by atoms with van der Waals surface area (Å²) in [6.45, 7) is 0. The van der Waals surface area contributed by atoms with Gasteiger partial charge in [-0.05, 0) is 35.9 Å². The van der Waals surface area contributed by atoms with Gasteiger partial charge in [0.15, 0.2) is 0 Å².